The van der Waals surface area contributed by atoms with Crippen LogP contribution in [0.15, 0.2) is 65.7 Å². The number of anilines is 5. The van der Waals surface area contributed by atoms with Crippen molar-refractivity contribution in [1.82, 2.24) is 24.2 Å². The first-order valence-electron chi connectivity index (χ1n) is 15.4. The van der Waals surface area contributed by atoms with Crippen molar-refractivity contribution >= 4 is 61.7 Å². The molecule has 0 fully saturated rings. The number of aromatic nitrogens is 3. The number of nitrogens with zero attached hydrogens (tertiary/aromatic N) is 5. The highest BCUT2D eigenvalue weighted by molar-refractivity contribution is 7.90. The Balaban J connectivity index is 1.53. The number of aryl methyl sites for hydroxylation is 1. The lowest BCUT2D eigenvalue weighted by molar-refractivity contribution is -0.119. The molecule has 50 heavy (non-hydrogen) atoms. The number of hydrogen-bond acceptors (Lipinski definition) is 10. The summed E-state index contributed by atoms with van der Waals surface area (Å²) in [6.07, 6.45) is 1.38. The largest absolute Gasteiger partial charge is 0.495 e. The number of amides is 2. The van der Waals surface area contributed by atoms with Crippen molar-refractivity contribution in [2.45, 2.75) is 18.2 Å². The lowest BCUT2D eigenvalue weighted by Crippen LogP contribution is -2.36. The predicted molar refractivity (Wildman–Crippen MR) is 185 cm³/mol. The minimum absolute atomic E-state index is 0.0611. The third-order valence-electron chi connectivity index (χ3n) is 8.16. The zero-order chi connectivity index (χ0) is 35.9. The second-order valence-corrected chi connectivity index (χ2v) is 13.7. The number of carbonyl (C=O) groups excluding carboxylic acids is 2. The molecule has 1 aliphatic heterocycles. The average Bonchev–Trinajstić information content (AvgIpc) is 3.65. The summed E-state index contributed by atoms with van der Waals surface area (Å²) in [7, 11) is 2.01. The molecule has 3 aromatic carbocycles. The number of nitrogens with one attached hydrogen (secondary N) is 3. The van der Waals surface area contributed by atoms with Crippen molar-refractivity contribution in [2.75, 3.05) is 56.9 Å². The van der Waals surface area contributed by atoms with E-state index in [-0.39, 0.29) is 51.4 Å². The molecule has 0 spiro atoms. The fourth-order valence-corrected chi connectivity index (χ4v) is 7.04. The second kappa shape index (κ2) is 13.4. The number of ether oxygens (including phenoxy) is 1. The SMILES string of the molecule is CNC(=O)c1c(F)cccc1Nc1nc(Nc2cc3c(cc2OC)CCN3C(=O)CN(C)C)nc2c1c(F)cn2S(=O)(=O)c1ccc(C)cc1. The highest BCUT2D eigenvalue weighted by atomic mass is 32.2. The number of hydrogen-bond donors (Lipinski definition) is 3. The molecule has 2 amide bonds. The summed E-state index contributed by atoms with van der Waals surface area (Å²) in [5, 5.41) is 7.92. The lowest BCUT2D eigenvalue weighted by atomic mass is 10.1. The van der Waals surface area contributed by atoms with E-state index in [1.54, 1.807) is 55.1 Å². The Kier molecular flexibility index (Phi) is 9.16. The zero-order valence-electron chi connectivity index (χ0n) is 27.8. The van der Waals surface area contributed by atoms with Crippen LogP contribution in [-0.4, -0.2) is 80.4 Å². The molecule has 0 aliphatic carbocycles. The summed E-state index contributed by atoms with van der Waals surface area (Å²) in [5.41, 5.74) is 1.90. The van der Waals surface area contributed by atoms with E-state index in [9.17, 15) is 22.4 Å². The zero-order valence-corrected chi connectivity index (χ0v) is 28.7. The van der Waals surface area contributed by atoms with Crippen LogP contribution in [0.4, 0.5) is 37.6 Å². The molecule has 0 radical (unpaired) electrons. The molecule has 5 aromatic rings. The smallest absolute Gasteiger partial charge is 0.269 e. The van der Waals surface area contributed by atoms with E-state index < -0.39 is 27.6 Å². The summed E-state index contributed by atoms with van der Waals surface area (Å²) < 4.78 is 64.9. The van der Waals surface area contributed by atoms with E-state index in [0.29, 0.717) is 34.1 Å². The maximum Gasteiger partial charge on any atom is 0.269 e. The van der Waals surface area contributed by atoms with Gasteiger partial charge in [0, 0.05) is 19.3 Å². The summed E-state index contributed by atoms with van der Waals surface area (Å²) in [4.78, 5) is 37.9. The molecule has 1 aliphatic rings. The van der Waals surface area contributed by atoms with Gasteiger partial charge >= 0.3 is 0 Å². The topological polar surface area (TPSA) is 151 Å². The average molecular weight is 705 g/mol. The van der Waals surface area contributed by atoms with Crippen LogP contribution >= 0.6 is 0 Å². The highest BCUT2D eigenvalue weighted by Crippen LogP contribution is 2.39. The molecule has 13 nitrogen and oxygen atoms in total. The normalized spacial score (nSPS) is 12.7. The van der Waals surface area contributed by atoms with E-state index >= 15 is 4.39 Å². The maximum absolute atomic E-state index is 15.9. The van der Waals surface area contributed by atoms with Gasteiger partial charge in [0.15, 0.2) is 11.5 Å². The first-order valence-corrected chi connectivity index (χ1v) is 16.9. The molecule has 0 atom stereocenters. The van der Waals surface area contributed by atoms with Crippen LogP contribution in [0.5, 0.6) is 5.75 Å². The minimum Gasteiger partial charge on any atom is -0.495 e. The molecule has 0 saturated heterocycles. The van der Waals surface area contributed by atoms with Crippen LogP contribution in [0.1, 0.15) is 21.5 Å². The fourth-order valence-electron chi connectivity index (χ4n) is 5.74. The summed E-state index contributed by atoms with van der Waals surface area (Å²) >= 11 is 0. The molecule has 2 aromatic heterocycles. The maximum atomic E-state index is 15.9. The monoisotopic (exact) mass is 704 g/mol. The number of halogens is 2. The Labute approximate surface area is 286 Å². The van der Waals surface area contributed by atoms with Crippen LogP contribution < -0.4 is 25.6 Å². The van der Waals surface area contributed by atoms with Gasteiger partial charge in [0.2, 0.25) is 11.9 Å². The number of carbonyl (C=O) groups is 2. The Bertz CT molecular complexity index is 2260. The molecular weight excluding hydrogens is 670 g/mol. The van der Waals surface area contributed by atoms with Crippen molar-refractivity contribution in [3.8, 4) is 5.75 Å². The van der Waals surface area contributed by atoms with Gasteiger partial charge in [-0.05, 0) is 69.4 Å². The Morgan fingerprint density at radius 2 is 1.74 bits per heavy atom. The van der Waals surface area contributed by atoms with E-state index in [4.69, 9.17) is 4.74 Å². The molecule has 3 heterocycles. The minimum atomic E-state index is -4.39. The number of methoxy groups -OCH3 is 1. The van der Waals surface area contributed by atoms with Gasteiger partial charge in [0.1, 0.15) is 17.4 Å². The van der Waals surface area contributed by atoms with Gasteiger partial charge in [-0.3, -0.25) is 9.59 Å². The molecule has 6 rings (SSSR count). The number of benzene rings is 3. The first kappa shape index (κ1) is 34.3. The molecule has 260 valence electrons. The lowest BCUT2D eigenvalue weighted by Gasteiger charge is -2.21. The van der Waals surface area contributed by atoms with E-state index in [0.717, 1.165) is 23.4 Å². The fraction of sp³-hybridized carbons (Fsp3) is 0.235. The molecule has 3 N–H and O–H groups in total. The Morgan fingerprint density at radius 3 is 2.42 bits per heavy atom. The molecule has 0 saturated carbocycles. The van der Waals surface area contributed by atoms with Crippen LogP contribution in [0.2, 0.25) is 0 Å². The van der Waals surface area contributed by atoms with Gasteiger partial charge in [0.05, 0.1) is 47.1 Å². The molecule has 16 heteroatoms. The first-order chi connectivity index (χ1) is 23.8. The van der Waals surface area contributed by atoms with Crippen molar-refractivity contribution in [3.63, 3.8) is 0 Å². The summed E-state index contributed by atoms with van der Waals surface area (Å²) in [6, 6.07) is 13.3. The van der Waals surface area contributed by atoms with Crippen LogP contribution in [-0.2, 0) is 21.2 Å². The van der Waals surface area contributed by atoms with Crippen LogP contribution in [0.25, 0.3) is 11.0 Å². The Morgan fingerprint density at radius 1 is 1.00 bits per heavy atom. The third-order valence-corrected chi connectivity index (χ3v) is 9.83. The van der Waals surface area contributed by atoms with Crippen LogP contribution in [0, 0.1) is 18.6 Å². The van der Waals surface area contributed by atoms with Crippen molar-refractivity contribution in [1.29, 1.82) is 0 Å². The Hall–Kier alpha value is -5.61. The van der Waals surface area contributed by atoms with Crippen molar-refractivity contribution in [2.24, 2.45) is 0 Å². The van der Waals surface area contributed by atoms with Gasteiger partial charge in [-0.15, -0.1) is 0 Å². The van der Waals surface area contributed by atoms with Gasteiger partial charge < -0.3 is 30.5 Å². The van der Waals surface area contributed by atoms with Gasteiger partial charge in [-0.25, -0.2) is 21.2 Å². The highest BCUT2D eigenvalue weighted by Gasteiger charge is 2.29. The second-order valence-electron chi connectivity index (χ2n) is 11.9. The van der Waals surface area contributed by atoms with E-state index in [1.807, 2.05) is 0 Å². The summed E-state index contributed by atoms with van der Waals surface area (Å²) in [5.74, 6) is -2.78. The molecule has 0 unspecified atom stereocenters. The van der Waals surface area contributed by atoms with Gasteiger partial charge in [-0.2, -0.15) is 9.97 Å². The van der Waals surface area contributed by atoms with E-state index in [1.165, 1.54) is 38.4 Å². The van der Waals surface area contributed by atoms with Gasteiger partial charge in [0.25, 0.3) is 15.9 Å². The molecular formula is C34H34F2N8O5S. The standard InChI is InChI=1S/C34H34F2N8O5S/c1-19-9-11-21(12-10-19)50(47,48)44-17-23(36)30-31(38-24-8-6-7-22(35)29(24)33(46)37-2)40-34(41-32(30)44)39-25-16-26-20(15-27(25)49-5)13-14-43(26)28(45)18-42(3)4/h6-12,15-17H,13-14,18H2,1-5H3,(H,37,46)(H2,38,39,40,41). The van der Waals surface area contributed by atoms with Crippen molar-refractivity contribution in [3.05, 3.63) is 89.1 Å². The van der Waals surface area contributed by atoms with Crippen LogP contribution in [0.3, 0.4) is 0 Å². The summed E-state index contributed by atoms with van der Waals surface area (Å²) in [6.45, 7) is 2.46. The van der Waals surface area contributed by atoms with Gasteiger partial charge in [-0.1, -0.05) is 23.8 Å². The third kappa shape index (κ3) is 6.30. The van der Waals surface area contributed by atoms with E-state index in [2.05, 4.69) is 25.9 Å². The van der Waals surface area contributed by atoms with Crippen molar-refractivity contribution < 1.29 is 31.5 Å². The quantitative estimate of drug-likeness (QED) is 0.189. The number of likely N-dealkylation sites (N-methyl/N-ethyl adjacent to an activating group) is 1. The number of fused-ring (bicyclic) bond motifs is 2. The molecule has 0 bridgehead atoms. The number of rotatable bonds is 10. The predicted octanol–water partition coefficient (Wildman–Crippen LogP) is 4.56.